The summed E-state index contributed by atoms with van der Waals surface area (Å²) in [4.78, 5) is 0. The zero-order chi connectivity index (χ0) is 12.4. The first-order valence-corrected chi connectivity index (χ1v) is 6.14. The highest BCUT2D eigenvalue weighted by atomic mass is 16.3. The van der Waals surface area contributed by atoms with E-state index in [0.717, 1.165) is 18.7 Å². The quantitative estimate of drug-likeness (QED) is 0.890. The van der Waals surface area contributed by atoms with Crippen LogP contribution in [0.1, 0.15) is 28.6 Å². The van der Waals surface area contributed by atoms with E-state index in [9.17, 15) is 0 Å². The van der Waals surface area contributed by atoms with Crippen molar-refractivity contribution in [3.05, 3.63) is 59.0 Å². The number of nitrogens with one attached hydrogen (secondary N) is 1. The van der Waals surface area contributed by atoms with Gasteiger partial charge in [-0.25, -0.2) is 0 Å². The monoisotopic (exact) mass is 238 g/mol. The molecule has 0 bridgehead atoms. The largest absolute Gasteiger partial charge is 0.449 e. The van der Waals surface area contributed by atoms with E-state index in [1.54, 1.807) is 6.07 Å². The Hall–Kier alpha value is -2.05. The van der Waals surface area contributed by atoms with Crippen LogP contribution in [-0.4, -0.2) is 6.54 Å². The standard InChI is InChI=1S/C15H14N2O/c16-8-13-5-6-14(18-13)10-17-9-12-7-11-3-1-2-4-15(11)12/h1-6,12,17H,7,9-10H2. The van der Waals surface area contributed by atoms with Gasteiger partial charge in [-0.2, -0.15) is 5.26 Å². The van der Waals surface area contributed by atoms with Crippen LogP contribution in [-0.2, 0) is 13.0 Å². The molecule has 3 heteroatoms. The van der Waals surface area contributed by atoms with Crippen LogP contribution in [0.5, 0.6) is 0 Å². The molecule has 18 heavy (non-hydrogen) atoms. The Balaban J connectivity index is 1.51. The van der Waals surface area contributed by atoms with Gasteiger partial charge in [0.1, 0.15) is 11.8 Å². The van der Waals surface area contributed by atoms with E-state index in [-0.39, 0.29) is 0 Å². The fourth-order valence-corrected chi connectivity index (χ4v) is 2.45. The van der Waals surface area contributed by atoms with Crippen molar-refractivity contribution in [3.63, 3.8) is 0 Å². The Kier molecular flexibility index (Phi) is 2.87. The normalized spacial score (nSPS) is 16.7. The number of fused-ring (bicyclic) bond motifs is 1. The summed E-state index contributed by atoms with van der Waals surface area (Å²) >= 11 is 0. The van der Waals surface area contributed by atoms with E-state index >= 15 is 0 Å². The van der Waals surface area contributed by atoms with Crippen molar-refractivity contribution in [1.82, 2.24) is 5.32 Å². The van der Waals surface area contributed by atoms with Crippen LogP contribution in [0.25, 0.3) is 0 Å². The zero-order valence-corrected chi connectivity index (χ0v) is 10.0. The molecule has 1 heterocycles. The highest BCUT2D eigenvalue weighted by Crippen LogP contribution is 2.33. The summed E-state index contributed by atoms with van der Waals surface area (Å²) in [5.74, 6) is 1.81. The number of hydrogen-bond donors (Lipinski definition) is 1. The Labute approximate surface area is 106 Å². The maximum absolute atomic E-state index is 8.66. The summed E-state index contributed by atoms with van der Waals surface area (Å²) in [6.45, 7) is 1.64. The molecule has 0 fully saturated rings. The van der Waals surface area contributed by atoms with Gasteiger partial charge in [-0.3, -0.25) is 0 Å². The summed E-state index contributed by atoms with van der Waals surface area (Å²) in [7, 11) is 0. The van der Waals surface area contributed by atoms with Gasteiger partial charge in [0.15, 0.2) is 0 Å². The molecule has 1 aromatic carbocycles. The average Bonchev–Trinajstić information content (AvgIpc) is 2.83. The molecule has 0 amide bonds. The number of benzene rings is 1. The van der Waals surface area contributed by atoms with Crippen molar-refractivity contribution in [2.24, 2.45) is 0 Å². The van der Waals surface area contributed by atoms with Gasteiger partial charge in [0.25, 0.3) is 0 Å². The highest BCUT2D eigenvalue weighted by Gasteiger charge is 2.24. The predicted molar refractivity (Wildman–Crippen MR) is 68.0 cm³/mol. The number of nitrogens with zero attached hydrogens (tertiary/aromatic N) is 1. The van der Waals surface area contributed by atoms with Crippen molar-refractivity contribution >= 4 is 0 Å². The summed E-state index contributed by atoms with van der Waals surface area (Å²) in [5, 5.41) is 12.0. The fourth-order valence-electron chi connectivity index (χ4n) is 2.45. The van der Waals surface area contributed by atoms with Crippen LogP contribution in [0.3, 0.4) is 0 Å². The number of rotatable bonds is 4. The Morgan fingerprint density at radius 1 is 1.28 bits per heavy atom. The molecule has 0 spiro atoms. The van der Waals surface area contributed by atoms with Gasteiger partial charge in [-0.1, -0.05) is 24.3 Å². The third-order valence-corrected chi connectivity index (χ3v) is 3.42. The van der Waals surface area contributed by atoms with Crippen molar-refractivity contribution < 1.29 is 4.42 Å². The van der Waals surface area contributed by atoms with E-state index in [2.05, 4.69) is 29.6 Å². The second kappa shape index (κ2) is 4.67. The van der Waals surface area contributed by atoms with Gasteiger partial charge in [0.05, 0.1) is 6.54 Å². The first-order chi connectivity index (χ1) is 8.86. The molecule has 0 radical (unpaired) electrons. The first kappa shape index (κ1) is 11.1. The van der Waals surface area contributed by atoms with E-state index in [1.165, 1.54) is 11.1 Å². The van der Waals surface area contributed by atoms with Crippen LogP contribution in [0.15, 0.2) is 40.8 Å². The molecule has 1 atom stereocenters. The van der Waals surface area contributed by atoms with Gasteiger partial charge < -0.3 is 9.73 Å². The topological polar surface area (TPSA) is 49.0 Å². The Bertz CT molecular complexity index is 595. The lowest BCUT2D eigenvalue weighted by Gasteiger charge is -2.30. The third kappa shape index (κ3) is 2.03. The molecule has 3 rings (SSSR count). The second-order valence-electron chi connectivity index (χ2n) is 4.61. The predicted octanol–water partition coefficient (Wildman–Crippen LogP) is 2.58. The van der Waals surface area contributed by atoms with Gasteiger partial charge in [0.2, 0.25) is 5.76 Å². The van der Waals surface area contributed by atoms with Crippen LogP contribution < -0.4 is 5.32 Å². The van der Waals surface area contributed by atoms with Crippen LogP contribution in [0.2, 0.25) is 0 Å². The molecule has 0 saturated carbocycles. The Morgan fingerprint density at radius 2 is 2.17 bits per heavy atom. The molecule has 90 valence electrons. The summed E-state index contributed by atoms with van der Waals surface area (Å²) in [6.07, 6.45) is 1.16. The molecule has 1 aliphatic rings. The Morgan fingerprint density at radius 3 is 2.94 bits per heavy atom. The minimum Gasteiger partial charge on any atom is -0.449 e. The van der Waals surface area contributed by atoms with Crippen molar-refractivity contribution in [3.8, 4) is 6.07 Å². The minimum absolute atomic E-state index is 0.376. The van der Waals surface area contributed by atoms with E-state index in [0.29, 0.717) is 18.2 Å². The third-order valence-electron chi connectivity index (χ3n) is 3.42. The maximum atomic E-state index is 8.66. The minimum atomic E-state index is 0.376. The van der Waals surface area contributed by atoms with Crippen LogP contribution in [0, 0.1) is 11.3 Å². The van der Waals surface area contributed by atoms with Crippen molar-refractivity contribution in [1.29, 1.82) is 5.26 Å². The molecule has 1 aliphatic carbocycles. The second-order valence-corrected chi connectivity index (χ2v) is 4.61. The summed E-state index contributed by atoms with van der Waals surface area (Å²) in [6, 6.07) is 14.1. The maximum Gasteiger partial charge on any atom is 0.203 e. The molecule has 3 nitrogen and oxygen atoms in total. The van der Waals surface area contributed by atoms with Crippen molar-refractivity contribution in [2.75, 3.05) is 6.54 Å². The first-order valence-electron chi connectivity index (χ1n) is 6.14. The summed E-state index contributed by atoms with van der Waals surface area (Å²) in [5.41, 5.74) is 2.93. The number of furan rings is 1. The fraction of sp³-hybridized carbons (Fsp3) is 0.267. The van der Waals surface area contributed by atoms with Gasteiger partial charge >= 0.3 is 0 Å². The van der Waals surface area contributed by atoms with E-state index in [4.69, 9.17) is 9.68 Å². The molecule has 2 aromatic rings. The smallest absolute Gasteiger partial charge is 0.203 e. The summed E-state index contributed by atoms with van der Waals surface area (Å²) < 4.78 is 5.31. The lowest BCUT2D eigenvalue weighted by molar-refractivity contribution is 0.456. The lowest BCUT2D eigenvalue weighted by Crippen LogP contribution is -2.28. The van der Waals surface area contributed by atoms with Gasteiger partial charge in [0, 0.05) is 12.5 Å². The van der Waals surface area contributed by atoms with Crippen LogP contribution in [0.4, 0.5) is 0 Å². The van der Waals surface area contributed by atoms with Gasteiger partial charge in [-0.15, -0.1) is 0 Å². The molecule has 0 saturated heterocycles. The highest BCUT2D eigenvalue weighted by molar-refractivity contribution is 5.40. The molecular formula is C15H14N2O. The van der Waals surface area contributed by atoms with Gasteiger partial charge in [-0.05, 0) is 29.7 Å². The molecular weight excluding hydrogens is 224 g/mol. The lowest BCUT2D eigenvalue weighted by atomic mass is 9.77. The average molecular weight is 238 g/mol. The molecule has 1 unspecified atom stereocenters. The van der Waals surface area contributed by atoms with Crippen molar-refractivity contribution in [2.45, 2.75) is 18.9 Å². The molecule has 1 aromatic heterocycles. The number of hydrogen-bond acceptors (Lipinski definition) is 3. The van der Waals surface area contributed by atoms with E-state index < -0.39 is 0 Å². The zero-order valence-electron chi connectivity index (χ0n) is 10.0. The molecule has 0 aliphatic heterocycles. The van der Waals surface area contributed by atoms with E-state index in [1.807, 2.05) is 12.1 Å². The number of nitriles is 1. The molecule has 1 N–H and O–H groups in total. The SMILES string of the molecule is N#Cc1ccc(CNCC2Cc3ccccc32)o1. The van der Waals surface area contributed by atoms with Crippen LogP contribution >= 0.6 is 0 Å².